The average Bonchev–Trinajstić information content (AvgIpc) is 2.96. The van der Waals surface area contributed by atoms with E-state index in [1.165, 1.54) is 5.56 Å². The minimum Gasteiger partial charge on any atom is -0.497 e. The Balaban J connectivity index is 1.72. The molecule has 0 aliphatic rings. The van der Waals surface area contributed by atoms with Crippen molar-refractivity contribution in [1.82, 2.24) is 15.2 Å². The Morgan fingerprint density at radius 1 is 1.18 bits per heavy atom. The number of ether oxygens (including phenoxy) is 1. The summed E-state index contributed by atoms with van der Waals surface area (Å²) in [6, 6.07) is 14.4. The van der Waals surface area contributed by atoms with E-state index in [2.05, 4.69) is 46.4 Å². The first-order valence-corrected chi connectivity index (χ1v) is 9.54. The Kier molecular flexibility index (Phi) is 6.05. The number of carbonyl (C=O) groups excluding carboxylic acids is 1. The molecule has 0 saturated heterocycles. The predicted octanol–water partition coefficient (Wildman–Crippen LogP) is 3.75. The van der Waals surface area contributed by atoms with Crippen molar-refractivity contribution in [3.8, 4) is 5.75 Å². The third-order valence-corrected chi connectivity index (χ3v) is 5.21. The molecule has 0 aliphatic carbocycles. The van der Waals surface area contributed by atoms with E-state index in [-0.39, 0.29) is 11.9 Å². The molecular formula is C23H29N3O2. The van der Waals surface area contributed by atoms with Gasteiger partial charge in [-0.1, -0.05) is 23.8 Å². The number of hydrogen-bond acceptors (Lipinski definition) is 3. The van der Waals surface area contributed by atoms with Crippen LogP contribution in [0.2, 0.25) is 0 Å². The smallest absolute Gasteiger partial charge is 0.224 e. The van der Waals surface area contributed by atoms with Crippen molar-refractivity contribution in [2.24, 2.45) is 0 Å². The van der Waals surface area contributed by atoms with Crippen LogP contribution in [0.5, 0.6) is 5.75 Å². The van der Waals surface area contributed by atoms with Crippen LogP contribution in [-0.4, -0.2) is 43.5 Å². The number of carbonyl (C=O) groups is 1. The largest absolute Gasteiger partial charge is 0.497 e. The van der Waals surface area contributed by atoms with Gasteiger partial charge in [-0.25, -0.2) is 0 Å². The molecule has 1 aromatic heterocycles. The summed E-state index contributed by atoms with van der Waals surface area (Å²) in [5.74, 6) is 0.848. The maximum atomic E-state index is 12.7. The number of aromatic nitrogens is 1. The van der Waals surface area contributed by atoms with Gasteiger partial charge in [-0.2, -0.15) is 0 Å². The van der Waals surface area contributed by atoms with E-state index in [4.69, 9.17) is 4.74 Å². The Bertz CT molecular complexity index is 975. The van der Waals surface area contributed by atoms with Crippen molar-refractivity contribution in [3.63, 3.8) is 0 Å². The number of nitrogens with zero attached hydrogens (tertiary/aromatic N) is 1. The minimum atomic E-state index is 0.0280. The molecule has 2 aromatic carbocycles. The number of amides is 1. The van der Waals surface area contributed by atoms with E-state index in [0.717, 1.165) is 33.5 Å². The molecule has 0 fully saturated rings. The number of H-pyrrole nitrogens is 1. The van der Waals surface area contributed by atoms with Gasteiger partial charge in [-0.05, 0) is 63.3 Å². The van der Waals surface area contributed by atoms with Crippen molar-refractivity contribution in [2.75, 3.05) is 27.7 Å². The van der Waals surface area contributed by atoms with Gasteiger partial charge in [0.25, 0.3) is 0 Å². The lowest BCUT2D eigenvalue weighted by atomic mass is 10.0. The number of likely N-dealkylation sites (N-methyl/N-ethyl adjacent to an activating group) is 1. The zero-order valence-corrected chi connectivity index (χ0v) is 17.3. The summed E-state index contributed by atoms with van der Waals surface area (Å²) in [5.41, 5.74) is 5.50. The lowest BCUT2D eigenvalue weighted by Crippen LogP contribution is -2.35. The van der Waals surface area contributed by atoms with Gasteiger partial charge >= 0.3 is 0 Å². The third kappa shape index (κ3) is 4.37. The van der Waals surface area contributed by atoms with E-state index in [1.807, 2.05) is 39.2 Å². The number of aromatic amines is 1. The zero-order chi connectivity index (χ0) is 20.3. The van der Waals surface area contributed by atoms with Crippen LogP contribution in [0.15, 0.2) is 42.5 Å². The maximum Gasteiger partial charge on any atom is 0.224 e. The van der Waals surface area contributed by atoms with Gasteiger partial charge in [0.15, 0.2) is 0 Å². The summed E-state index contributed by atoms with van der Waals surface area (Å²) in [6.07, 6.45) is 0.369. The second-order valence-corrected chi connectivity index (χ2v) is 7.51. The highest BCUT2D eigenvalue weighted by Crippen LogP contribution is 2.24. The topological polar surface area (TPSA) is 57.4 Å². The molecule has 0 spiro atoms. The molecule has 3 aromatic rings. The molecule has 2 N–H and O–H groups in total. The quantitative estimate of drug-likeness (QED) is 0.657. The number of fused-ring (bicyclic) bond motifs is 1. The monoisotopic (exact) mass is 379 g/mol. The van der Waals surface area contributed by atoms with Gasteiger partial charge in [-0.3, -0.25) is 4.79 Å². The van der Waals surface area contributed by atoms with Gasteiger partial charge in [-0.15, -0.1) is 0 Å². The summed E-state index contributed by atoms with van der Waals surface area (Å²) in [6.45, 7) is 4.64. The fourth-order valence-electron chi connectivity index (χ4n) is 3.60. The number of benzene rings is 2. The normalized spacial score (nSPS) is 12.4. The van der Waals surface area contributed by atoms with Crippen LogP contribution in [0, 0.1) is 13.8 Å². The maximum absolute atomic E-state index is 12.7. The number of nitrogens with one attached hydrogen (secondary N) is 2. The van der Waals surface area contributed by atoms with E-state index < -0.39 is 0 Å². The molecule has 0 aliphatic heterocycles. The molecule has 148 valence electrons. The summed E-state index contributed by atoms with van der Waals surface area (Å²) < 4.78 is 5.33. The molecule has 3 rings (SSSR count). The highest BCUT2D eigenvalue weighted by atomic mass is 16.5. The standard InChI is InChI=1S/C23H29N3O2/c1-15-9-10-21-20(11-15)19(16(2)25-21)13-23(27)24-14-22(26(3)4)17-7-6-8-18(12-17)28-5/h6-12,22,25H,13-14H2,1-5H3,(H,24,27). The minimum absolute atomic E-state index is 0.0280. The average molecular weight is 380 g/mol. The van der Waals surface area contributed by atoms with E-state index >= 15 is 0 Å². The van der Waals surface area contributed by atoms with E-state index in [9.17, 15) is 4.79 Å². The molecule has 1 unspecified atom stereocenters. The highest BCUT2D eigenvalue weighted by Gasteiger charge is 2.18. The van der Waals surface area contributed by atoms with Gasteiger partial charge in [0.05, 0.1) is 19.6 Å². The number of hydrogen-bond donors (Lipinski definition) is 2. The molecule has 1 atom stereocenters. The first kappa shape index (κ1) is 20.0. The number of aryl methyl sites for hydroxylation is 2. The van der Waals surface area contributed by atoms with Crippen molar-refractivity contribution in [3.05, 3.63) is 64.8 Å². The molecule has 1 amide bonds. The summed E-state index contributed by atoms with van der Waals surface area (Å²) in [7, 11) is 5.70. The molecule has 1 heterocycles. The van der Waals surface area contributed by atoms with Crippen LogP contribution in [0.3, 0.4) is 0 Å². The molecular weight excluding hydrogens is 350 g/mol. The first-order chi connectivity index (χ1) is 13.4. The Morgan fingerprint density at radius 2 is 1.96 bits per heavy atom. The van der Waals surface area contributed by atoms with Gasteiger partial charge in [0.2, 0.25) is 5.91 Å². The summed E-state index contributed by atoms with van der Waals surface area (Å²) >= 11 is 0. The SMILES string of the molecule is COc1cccc(C(CNC(=O)Cc2c(C)[nH]c3ccc(C)cc23)N(C)C)c1. The van der Waals surface area contributed by atoms with Gasteiger partial charge < -0.3 is 19.9 Å². The highest BCUT2D eigenvalue weighted by molar-refractivity contribution is 5.90. The van der Waals surface area contributed by atoms with Crippen LogP contribution in [0.1, 0.15) is 28.4 Å². The first-order valence-electron chi connectivity index (χ1n) is 9.54. The zero-order valence-electron chi connectivity index (χ0n) is 17.3. The molecule has 0 bridgehead atoms. The summed E-state index contributed by atoms with van der Waals surface area (Å²) in [5, 5.41) is 4.24. The summed E-state index contributed by atoms with van der Waals surface area (Å²) in [4.78, 5) is 18.2. The Morgan fingerprint density at radius 3 is 2.68 bits per heavy atom. The Hall–Kier alpha value is -2.79. The molecule has 0 radical (unpaired) electrons. The van der Waals surface area contributed by atoms with Crippen molar-refractivity contribution >= 4 is 16.8 Å². The lowest BCUT2D eigenvalue weighted by molar-refractivity contribution is -0.120. The molecule has 5 heteroatoms. The number of rotatable bonds is 7. The molecule has 0 saturated carbocycles. The second kappa shape index (κ2) is 8.48. The van der Waals surface area contributed by atoms with Crippen LogP contribution < -0.4 is 10.1 Å². The number of methoxy groups -OCH3 is 1. The predicted molar refractivity (Wildman–Crippen MR) is 114 cm³/mol. The van der Waals surface area contributed by atoms with Crippen molar-refractivity contribution in [2.45, 2.75) is 26.3 Å². The lowest BCUT2D eigenvalue weighted by Gasteiger charge is -2.25. The van der Waals surface area contributed by atoms with Gasteiger partial charge in [0.1, 0.15) is 5.75 Å². The van der Waals surface area contributed by atoms with Crippen molar-refractivity contribution in [1.29, 1.82) is 0 Å². The van der Waals surface area contributed by atoms with Gasteiger partial charge in [0, 0.05) is 23.1 Å². The Labute approximate surface area is 166 Å². The fraction of sp³-hybridized carbons (Fsp3) is 0.348. The van der Waals surface area contributed by atoms with Crippen LogP contribution in [-0.2, 0) is 11.2 Å². The second-order valence-electron chi connectivity index (χ2n) is 7.51. The van der Waals surface area contributed by atoms with E-state index in [0.29, 0.717) is 13.0 Å². The van der Waals surface area contributed by atoms with E-state index in [1.54, 1.807) is 7.11 Å². The van der Waals surface area contributed by atoms with Crippen LogP contribution >= 0.6 is 0 Å². The molecule has 5 nitrogen and oxygen atoms in total. The van der Waals surface area contributed by atoms with Crippen molar-refractivity contribution < 1.29 is 9.53 Å². The fourth-order valence-corrected chi connectivity index (χ4v) is 3.60. The molecule has 28 heavy (non-hydrogen) atoms. The van der Waals surface area contributed by atoms with Crippen LogP contribution in [0.25, 0.3) is 10.9 Å². The third-order valence-electron chi connectivity index (χ3n) is 5.21. The van der Waals surface area contributed by atoms with Crippen LogP contribution in [0.4, 0.5) is 0 Å².